The molecule has 1 unspecified atom stereocenters. The smallest absolute Gasteiger partial charge is 0.0868 e. The molecule has 1 aromatic carbocycles. The first-order chi connectivity index (χ1) is 10.2. The van der Waals surface area contributed by atoms with Crippen LogP contribution >= 0.6 is 0 Å². The molecule has 0 aliphatic heterocycles. The van der Waals surface area contributed by atoms with E-state index in [-0.39, 0.29) is 11.6 Å². The number of hydrogen-bond acceptors (Lipinski definition) is 3. The SMILES string of the molecule is CCNC(c1cccc2cccnc12)C(CC)(CC)OC. The fraction of sp³-hybridized carbons (Fsp3) is 0.500. The Morgan fingerprint density at radius 1 is 1.14 bits per heavy atom. The van der Waals surface area contributed by atoms with Gasteiger partial charge < -0.3 is 10.1 Å². The van der Waals surface area contributed by atoms with E-state index in [1.54, 1.807) is 0 Å². The number of rotatable bonds is 7. The van der Waals surface area contributed by atoms with Crippen LogP contribution in [0.4, 0.5) is 0 Å². The fourth-order valence-corrected chi connectivity index (χ4v) is 3.21. The lowest BCUT2D eigenvalue weighted by Gasteiger charge is -2.39. The van der Waals surface area contributed by atoms with Gasteiger partial charge in [-0.25, -0.2) is 0 Å². The second kappa shape index (κ2) is 7.01. The molecule has 3 nitrogen and oxygen atoms in total. The molecule has 1 N–H and O–H groups in total. The van der Waals surface area contributed by atoms with Gasteiger partial charge in [0.2, 0.25) is 0 Å². The average Bonchev–Trinajstić information content (AvgIpc) is 2.55. The Labute approximate surface area is 127 Å². The quantitative estimate of drug-likeness (QED) is 0.832. The van der Waals surface area contributed by atoms with E-state index in [4.69, 9.17) is 4.74 Å². The third kappa shape index (κ3) is 2.94. The summed E-state index contributed by atoms with van der Waals surface area (Å²) in [6, 6.07) is 10.6. The molecule has 2 aromatic rings. The van der Waals surface area contributed by atoms with Crippen LogP contribution in [0, 0.1) is 0 Å². The van der Waals surface area contributed by atoms with Crippen molar-refractivity contribution in [3.63, 3.8) is 0 Å². The van der Waals surface area contributed by atoms with Crippen LogP contribution in [0.2, 0.25) is 0 Å². The highest BCUT2D eigenvalue weighted by molar-refractivity contribution is 5.82. The molecule has 0 aliphatic rings. The van der Waals surface area contributed by atoms with Crippen LogP contribution in [-0.2, 0) is 4.74 Å². The van der Waals surface area contributed by atoms with Gasteiger partial charge in [-0.05, 0) is 31.0 Å². The predicted molar refractivity (Wildman–Crippen MR) is 88.5 cm³/mol. The topological polar surface area (TPSA) is 34.2 Å². The number of nitrogens with one attached hydrogen (secondary N) is 1. The van der Waals surface area contributed by atoms with Gasteiger partial charge in [-0.2, -0.15) is 0 Å². The highest BCUT2D eigenvalue weighted by atomic mass is 16.5. The molecule has 1 atom stereocenters. The third-order valence-corrected chi connectivity index (χ3v) is 4.51. The molecule has 0 fully saturated rings. The molecule has 0 bridgehead atoms. The Balaban J connectivity index is 2.60. The summed E-state index contributed by atoms with van der Waals surface area (Å²) >= 11 is 0. The van der Waals surface area contributed by atoms with E-state index in [0.29, 0.717) is 0 Å². The van der Waals surface area contributed by atoms with Crippen LogP contribution in [0.1, 0.15) is 45.2 Å². The lowest BCUT2D eigenvalue weighted by Crippen LogP contribution is -2.45. The van der Waals surface area contributed by atoms with Crippen molar-refractivity contribution in [3.05, 3.63) is 42.1 Å². The lowest BCUT2D eigenvalue weighted by atomic mass is 9.83. The van der Waals surface area contributed by atoms with Crippen LogP contribution in [-0.4, -0.2) is 24.2 Å². The second-order valence-corrected chi connectivity index (χ2v) is 5.39. The number of likely N-dealkylation sites (N-methyl/N-ethyl adjacent to an activating group) is 1. The zero-order chi connectivity index (χ0) is 15.3. The van der Waals surface area contributed by atoms with Gasteiger partial charge in [0.1, 0.15) is 0 Å². The fourth-order valence-electron chi connectivity index (χ4n) is 3.21. The molecule has 0 spiro atoms. The summed E-state index contributed by atoms with van der Waals surface area (Å²) in [5, 5.41) is 4.80. The minimum atomic E-state index is -0.207. The van der Waals surface area contributed by atoms with Gasteiger partial charge in [0.05, 0.1) is 17.2 Å². The molecular formula is C18H26N2O. The molecular weight excluding hydrogens is 260 g/mol. The monoisotopic (exact) mass is 286 g/mol. The van der Waals surface area contributed by atoms with Crippen LogP contribution in [0.5, 0.6) is 0 Å². The van der Waals surface area contributed by atoms with Crippen molar-refractivity contribution in [1.29, 1.82) is 0 Å². The van der Waals surface area contributed by atoms with Crippen molar-refractivity contribution >= 4 is 10.9 Å². The maximum atomic E-state index is 5.96. The van der Waals surface area contributed by atoms with Gasteiger partial charge in [-0.15, -0.1) is 0 Å². The van der Waals surface area contributed by atoms with Gasteiger partial charge in [-0.3, -0.25) is 4.98 Å². The summed E-state index contributed by atoms with van der Waals surface area (Å²) in [6.07, 6.45) is 3.78. The van der Waals surface area contributed by atoms with Crippen molar-refractivity contribution in [3.8, 4) is 0 Å². The molecule has 0 aliphatic carbocycles. The van der Waals surface area contributed by atoms with Gasteiger partial charge in [0, 0.05) is 18.7 Å². The number of nitrogens with zero attached hydrogens (tertiary/aromatic N) is 1. The zero-order valence-electron chi connectivity index (χ0n) is 13.5. The summed E-state index contributed by atoms with van der Waals surface area (Å²) in [5.41, 5.74) is 2.08. The zero-order valence-corrected chi connectivity index (χ0v) is 13.5. The van der Waals surface area contributed by atoms with Gasteiger partial charge in [-0.1, -0.05) is 45.0 Å². The molecule has 21 heavy (non-hydrogen) atoms. The summed E-state index contributed by atoms with van der Waals surface area (Å²) in [5.74, 6) is 0. The number of para-hydroxylation sites is 1. The lowest BCUT2D eigenvalue weighted by molar-refractivity contribution is -0.0479. The molecule has 1 heterocycles. The Hall–Kier alpha value is -1.45. The number of hydrogen-bond donors (Lipinski definition) is 1. The number of fused-ring (bicyclic) bond motifs is 1. The Morgan fingerprint density at radius 3 is 2.48 bits per heavy atom. The highest BCUT2D eigenvalue weighted by Crippen LogP contribution is 2.37. The van der Waals surface area contributed by atoms with Crippen LogP contribution in [0.3, 0.4) is 0 Å². The van der Waals surface area contributed by atoms with E-state index in [1.807, 2.05) is 19.4 Å². The second-order valence-electron chi connectivity index (χ2n) is 5.39. The first-order valence-corrected chi connectivity index (χ1v) is 7.84. The Bertz CT molecular complexity index is 565. The van der Waals surface area contributed by atoms with E-state index in [1.165, 1.54) is 10.9 Å². The third-order valence-electron chi connectivity index (χ3n) is 4.51. The van der Waals surface area contributed by atoms with E-state index >= 15 is 0 Å². The number of pyridine rings is 1. The number of benzene rings is 1. The van der Waals surface area contributed by atoms with E-state index in [0.717, 1.165) is 24.9 Å². The number of ether oxygens (including phenoxy) is 1. The Morgan fingerprint density at radius 2 is 1.86 bits per heavy atom. The van der Waals surface area contributed by atoms with Crippen molar-refractivity contribution in [2.45, 2.75) is 45.3 Å². The first-order valence-electron chi connectivity index (χ1n) is 7.84. The average molecular weight is 286 g/mol. The minimum Gasteiger partial charge on any atom is -0.376 e. The molecule has 1 aromatic heterocycles. The number of methoxy groups -OCH3 is 1. The van der Waals surface area contributed by atoms with Gasteiger partial charge in [0.15, 0.2) is 0 Å². The van der Waals surface area contributed by atoms with E-state index < -0.39 is 0 Å². The van der Waals surface area contributed by atoms with E-state index in [2.05, 4.69) is 55.3 Å². The van der Waals surface area contributed by atoms with Crippen LogP contribution in [0.25, 0.3) is 10.9 Å². The van der Waals surface area contributed by atoms with Gasteiger partial charge in [0.25, 0.3) is 0 Å². The molecule has 0 saturated heterocycles. The minimum absolute atomic E-state index is 0.140. The standard InChI is InChI=1S/C18H26N2O/c1-5-18(6-2,21-4)17(19-7-3)15-12-8-10-14-11-9-13-20-16(14)15/h8-13,17,19H,5-7H2,1-4H3. The summed E-state index contributed by atoms with van der Waals surface area (Å²) in [4.78, 5) is 4.61. The van der Waals surface area contributed by atoms with Crippen molar-refractivity contribution in [1.82, 2.24) is 10.3 Å². The molecule has 3 heteroatoms. The normalized spacial score (nSPS) is 13.5. The van der Waals surface area contributed by atoms with Gasteiger partial charge >= 0.3 is 0 Å². The number of aromatic nitrogens is 1. The predicted octanol–water partition coefficient (Wildman–Crippen LogP) is 4.09. The summed E-state index contributed by atoms with van der Waals surface area (Å²) in [7, 11) is 1.82. The molecule has 114 valence electrons. The highest BCUT2D eigenvalue weighted by Gasteiger charge is 2.37. The summed E-state index contributed by atoms with van der Waals surface area (Å²) < 4.78 is 5.96. The molecule has 0 saturated carbocycles. The molecule has 0 amide bonds. The first kappa shape index (κ1) is 15.9. The maximum absolute atomic E-state index is 5.96. The Kier molecular flexibility index (Phi) is 5.32. The van der Waals surface area contributed by atoms with Crippen LogP contribution in [0.15, 0.2) is 36.5 Å². The van der Waals surface area contributed by atoms with Crippen LogP contribution < -0.4 is 5.32 Å². The van der Waals surface area contributed by atoms with Crippen molar-refractivity contribution in [2.75, 3.05) is 13.7 Å². The van der Waals surface area contributed by atoms with Crippen molar-refractivity contribution < 1.29 is 4.74 Å². The van der Waals surface area contributed by atoms with E-state index in [9.17, 15) is 0 Å². The maximum Gasteiger partial charge on any atom is 0.0868 e. The largest absolute Gasteiger partial charge is 0.376 e. The van der Waals surface area contributed by atoms with Crippen molar-refractivity contribution in [2.24, 2.45) is 0 Å². The molecule has 2 rings (SSSR count). The molecule has 0 radical (unpaired) electrons. The summed E-state index contributed by atoms with van der Waals surface area (Å²) in [6.45, 7) is 7.42.